The van der Waals surface area contributed by atoms with Gasteiger partial charge in [-0.25, -0.2) is 0 Å². The van der Waals surface area contributed by atoms with Gasteiger partial charge >= 0.3 is 0 Å². The van der Waals surface area contributed by atoms with Crippen molar-refractivity contribution in [3.05, 3.63) is 11.6 Å². The molecule has 0 saturated carbocycles. The van der Waals surface area contributed by atoms with Crippen LogP contribution >= 0.6 is 0 Å². The highest BCUT2D eigenvalue weighted by atomic mass is 16.2. The van der Waals surface area contributed by atoms with Crippen LogP contribution in [0.4, 0.5) is 0 Å². The Balaban J connectivity index is 0.000000461. The average molecular weight is 156 g/mol. The summed E-state index contributed by atoms with van der Waals surface area (Å²) in [6, 6.07) is 0. The van der Waals surface area contributed by atoms with Gasteiger partial charge in [-0.15, -0.1) is 0 Å². The molecule has 0 atom stereocenters. The lowest BCUT2D eigenvalue weighted by Crippen LogP contribution is -2.14. The highest BCUT2D eigenvalue weighted by Crippen LogP contribution is 2.34. The summed E-state index contributed by atoms with van der Waals surface area (Å²) in [6.07, 6.45) is 6.32. The standard InChI is InChI=1S/C9H16.CH4O/c1-8-5-4-6-9(2,3)7-8;1-2/h5H,4,6-7H2,1-3H3;2H,1H3. The topological polar surface area (TPSA) is 20.2 Å². The number of allylic oxidation sites excluding steroid dienone is 2. The van der Waals surface area contributed by atoms with Crippen LogP contribution in [0.2, 0.25) is 0 Å². The third-order valence-corrected chi connectivity index (χ3v) is 2.07. The molecule has 1 heteroatoms. The maximum absolute atomic E-state index is 7.00. The van der Waals surface area contributed by atoms with Crippen molar-refractivity contribution in [2.45, 2.75) is 40.0 Å². The van der Waals surface area contributed by atoms with E-state index >= 15 is 0 Å². The first-order valence-electron chi connectivity index (χ1n) is 4.20. The fourth-order valence-electron chi connectivity index (χ4n) is 1.62. The first-order chi connectivity index (χ1) is 5.10. The Kier molecular flexibility index (Phi) is 4.43. The maximum Gasteiger partial charge on any atom is 0.0319 e. The monoisotopic (exact) mass is 156 g/mol. The molecule has 11 heavy (non-hydrogen) atoms. The molecule has 0 radical (unpaired) electrons. The molecule has 0 aromatic rings. The molecule has 0 aliphatic heterocycles. The van der Waals surface area contributed by atoms with Gasteiger partial charge < -0.3 is 5.11 Å². The molecule has 0 bridgehead atoms. The smallest absolute Gasteiger partial charge is 0.0319 e. The van der Waals surface area contributed by atoms with Crippen LogP contribution < -0.4 is 0 Å². The lowest BCUT2D eigenvalue weighted by atomic mass is 9.78. The van der Waals surface area contributed by atoms with E-state index in [0.29, 0.717) is 5.41 Å². The van der Waals surface area contributed by atoms with Crippen molar-refractivity contribution in [2.75, 3.05) is 7.11 Å². The van der Waals surface area contributed by atoms with Crippen LogP contribution in [0.25, 0.3) is 0 Å². The molecular weight excluding hydrogens is 136 g/mol. The van der Waals surface area contributed by atoms with Gasteiger partial charge in [0.2, 0.25) is 0 Å². The predicted octanol–water partition coefficient (Wildman–Crippen LogP) is 2.75. The molecule has 0 saturated heterocycles. The average Bonchev–Trinajstić information content (AvgIpc) is 1.89. The van der Waals surface area contributed by atoms with Gasteiger partial charge in [0.25, 0.3) is 0 Å². The van der Waals surface area contributed by atoms with E-state index in [0.717, 1.165) is 7.11 Å². The molecule has 1 rings (SSSR count). The molecule has 0 aromatic heterocycles. The molecular formula is C10H20O. The van der Waals surface area contributed by atoms with Gasteiger partial charge in [0.15, 0.2) is 0 Å². The highest BCUT2D eigenvalue weighted by molar-refractivity contribution is 5.05. The molecule has 1 aliphatic carbocycles. The Morgan fingerprint density at radius 3 is 2.18 bits per heavy atom. The van der Waals surface area contributed by atoms with Gasteiger partial charge in [-0.3, -0.25) is 0 Å². The van der Waals surface area contributed by atoms with Gasteiger partial charge in [-0.2, -0.15) is 0 Å². The Bertz CT molecular complexity index is 134. The fraction of sp³-hybridized carbons (Fsp3) is 0.800. The quantitative estimate of drug-likeness (QED) is 0.535. The molecule has 1 aliphatic rings. The van der Waals surface area contributed by atoms with Crippen LogP contribution in [0.5, 0.6) is 0 Å². The van der Waals surface area contributed by atoms with E-state index in [-0.39, 0.29) is 0 Å². The van der Waals surface area contributed by atoms with E-state index in [2.05, 4.69) is 26.8 Å². The molecule has 0 amide bonds. The number of aliphatic hydroxyl groups is 1. The summed E-state index contributed by atoms with van der Waals surface area (Å²) in [6.45, 7) is 6.94. The van der Waals surface area contributed by atoms with Crippen LogP contribution in [-0.4, -0.2) is 12.2 Å². The zero-order chi connectivity index (χ0) is 8.91. The van der Waals surface area contributed by atoms with Crippen LogP contribution in [0, 0.1) is 5.41 Å². The fourth-order valence-corrected chi connectivity index (χ4v) is 1.62. The van der Waals surface area contributed by atoms with E-state index in [9.17, 15) is 0 Å². The van der Waals surface area contributed by atoms with Crippen molar-refractivity contribution in [1.29, 1.82) is 0 Å². The van der Waals surface area contributed by atoms with Crippen molar-refractivity contribution in [2.24, 2.45) is 5.41 Å². The Morgan fingerprint density at radius 1 is 1.36 bits per heavy atom. The summed E-state index contributed by atoms with van der Waals surface area (Å²) in [7, 11) is 1.00. The summed E-state index contributed by atoms with van der Waals surface area (Å²) in [5.41, 5.74) is 2.16. The van der Waals surface area contributed by atoms with E-state index in [1.54, 1.807) is 5.57 Å². The number of hydrogen-bond donors (Lipinski definition) is 1. The third kappa shape index (κ3) is 4.20. The van der Waals surface area contributed by atoms with Gasteiger partial charge in [0.05, 0.1) is 0 Å². The van der Waals surface area contributed by atoms with E-state index in [1.165, 1.54) is 19.3 Å². The number of aliphatic hydroxyl groups excluding tert-OH is 1. The van der Waals surface area contributed by atoms with Crippen molar-refractivity contribution in [1.82, 2.24) is 0 Å². The summed E-state index contributed by atoms with van der Waals surface area (Å²) in [4.78, 5) is 0. The van der Waals surface area contributed by atoms with Crippen LogP contribution in [-0.2, 0) is 0 Å². The number of rotatable bonds is 0. The first-order valence-corrected chi connectivity index (χ1v) is 4.20. The van der Waals surface area contributed by atoms with Gasteiger partial charge in [0, 0.05) is 7.11 Å². The Morgan fingerprint density at radius 2 is 1.91 bits per heavy atom. The summed E-state index contributed by atoms with van der Waals surface area (Å²) in [5.74, 6) is 0. The van der Waals surface area contributed by atoms with E-state index < -0.39 is 0 Å². The largest absolute Gasteiger partial charge is 0.400 e. The maximum atomic E-state index is 7.00. The molecule has 1 N–H and O–H groups in total. The predicted molar refractivity (Wildman–Crippen MR) is 49.5 cm³/mol. The zero-order valence-electron chi connectivity index (χ0n) is 8.15. The van der Waals surface area contributed by atoms with Gasteiger partial charge in [0.1, 0.15) is 0 Å². The van der Waals surface area contributed by atoms with E-state index in [1.807, 2.05) is 0 Å². The molecule has 0 fully saturated rings. The molecule has 0 unspecified atom stereocenters. The molecule has 0 heterocycles. The van der Waals surface area contributed by atoms with Crippen molar-refractivity contribution in [3.63, 3.8) is 0 Å². The van der Waals surface area contributed by atoms with Crippen LogP contribution in [0.3, 0.4) is 0 Å². The Hall–Kier alpha value is -0.300. The number of hydrogen-bond acceptors (Lipinski definition) is 1. The minimum Gasteiger partial charge on any atom is -0.400 e. The van der Waals surface area contributed by atoms with Crippen molar-refractivity contribution in [3.8, 4) is 0 Å². The molecule has 1 nitrogen and oxygen atoms in total. The zero-order valence-corrected chi connectivity index (χ0v) is 8.15. The first kappa shape index (κ1) is 10.7. The molecule has 66 valence electrons. The SMILES string of the molecule is CC1=CCCC(C)(C)C1.CO. The molecule has 0 aromatic carbocycles. The third-order valence-electron chi connectivity index (χ3n) is 2.07. The van der Waals surface area contributed by atoms with Crippen LogP contribution in [0.15, 0.2) is 11.6 Å². The lowest BCUT2D eigenvalue weighted by Gasteiger charge is -2.28. The minimum absolute atomic E-state index is 0.582. The second-order valence-electron chi connectivity index (χ2n) is 3.93. The second kappa shape index (κ2) is 4.55. The van der Waals surface area contributed by atoms with Gasteiger partial charge in [-0.05, 0) is 31.6 Å². The summed E-state index contributed by atoms with van der Waals surface area (Å²) in [5, 5.41) is 7.00. The molecule has 0 spiro atoms. The lowest BCUT2D eigenvalue weighted by molar-refractivity contribution is 0.320. The highest BCUT2D eigenvalue weighted by Gasteiger charge is 2.20. The van der Waals surface area contributed by atoms with Crippen LogP contribution in [0.1, 0.15) is 40.0 Å². The van der Waals surface area contributed by atoms with Gasteiger partial charge in [-0.1, -0.05) is 25.5 Å². The van der Waals surface area contributed by atoms with Crippen molar-refractivity contribution < 1.29 is 5.11 Å². The van der Waals surface area contributed by atoms with Crippen molar-refractivity contribution >= 4 is 0 Å². The van der Waals surface area contributed by atoms with E-state index in [4.69, 9.17) is 5.11 Å². The second-order valence-corrected chi connectivity index (χ2v) is 3.93. The minimum atomic E-state index is 0.582. The Labute approximate surface area is 70.1 Å². The summed E-state index contributed by atoms with van der Waals surface area (Å²) < 4.78 is 0. The summed E-state index contributed by atoms with van der Waals surface area (Å²) >= 11 is 0. The normalized spacial score (nSPS) is 21.4.